The van der Waals surface area contributed by atoms with E-state index in [1.807, 2.05) is 24.8 Å². The summed E-state index contributed by atoms with van der Waals surface area (Å²) in [5.41, 5.74) is 4.99. The van der Waals surface area contributed by atoms with Crippen molar-refractivity contribution in [3.8, 4) is 0 Å². The summed E-state index contributed by atoms with van der Waals surface area (Å²) in [5.74, 6) is 0. The zero-order valence-electron chi connectivity index (χ0n) is 13.5. The second-order valence-electron chi connectivity index (χ2n) is 6.80. The van der Waals surface area contributed by atoms with Crippen molar-refractivity contribution in [2.24, 2.45) is 0 Å². The number of hydrogen-bond acceptors (Lipinski definition) is 3. The number of rotatable bonds is 3. The molecule has 2 bridgehead atoms. The SMILES string of the molecule is C1=C(c2cnc3cnccn23)CC2CCC1N2Cc1ccccc1. The van der Waals surface area contributed by atoms with Crippen molar-refractivity contribution in [1.29, 1.82) is 0 Å². The highest BCUT2D eigenvalue weighted by molar-refractivity contribution is 5.67. The first-order chi connectivity index (χ1) is 11.9. The van der Waals surface area contributed by atoms with Crippen LogP contribution in [-0.4, -0.2) is 31.4 Å². The number of nitrogens with zero attached hydrogens (tertiary/aromatic N) is 4. The van der Waals surface area contributed by atoms with Crippen molar-refractivity contribution >= 4 is 11.2 Å². The zero-order chi connectivity index (χ0) is 15.9. The number of benzene rings is 1. The minimum absolute atomic E-state index is 0.548. The summed E-state index contributed by atoms with van der Waals surface area (Å²) in [6.07, 6.45) is 13.8. The second-order valence-corrected chi connectivity index (χ2v) is 6.80. The van der Waals surface area contributed by atoms with Gasteiger partial charge in [-0.05, 0) is 30.4 Å². The van der Waals surface area contributed by atoms with Crippen LogP contribution < -0.4 is 0 Å². The van der Waals surface area contributed by atoms with Crippen LogP contribution in [0, 0.1) is 0 Å². The molecule has 2 aromatic heterocycles. The van der Waals surface area contributed by atoms with Crippen molar-refractivity contribution in [2.75, 3.05) is 0 Å². The van der Waals surface area contributed by atoms with Gasteiger partial charge in [-0.25, -0.2) is 4.98 Å². The van der Waals surface area contributed by atoms with Crippen LogP contribution in [0.4, 0.5) is 0 Å². The molecule has 1 aromatic carbocycles. The molecule has 2 atom stereocenters. The number of fused-ring (bicyclic) bond motifs is 3. The van der Waals surface area contributed by atoms with Crippen molar-refractivity contribution in [3.63, 3.8) is 0 Å². The van der Waals surface area contributed by atoms with Crippen molar-refractivity contribution in [1.82, 2.24) is 19.3 Å². The summed E-state index contributed by atoms with van der Waals surface area (Å²) in [7, 11) is 0. The van der Waals surface area contributed by atoms with Gasteiger partial charge in [-0.3, -0.25) is 14.3 Å². The minimum Gasteiger partial charge on any atom is -0.297 e. The molecule has 1 fully saturated rings. The van der Waals surface area contributed by atoms with Crippen molar-refractivity contribution < 1.29 is 0 Å². The summed E-state index contributed by atoms with van der Waals surface area (Å²) in [6, 6.07) is 12.0. The summed E-state index contributed by atoms with van der Waals surface area (Å²) in [5, 5.41) is 0. The fourth-order valence-electron chi connectivity index (χ4n) is 4.23. The normalized spacial score (nSPS) is 23.6. The third kappa shape index (κ3) is 2.26. The summed E-state index contributed by atoms with van der Waals surface area (Å²) >= 11 is 0. The number of hydrogen-bond donors (Lipinski definition) is 0. The van der Waals surface area contributed by atoms with Crippen LogP contribution in [-0.2, 0) is 6.54 Å². The van der Waals surface area contributed by atoms with E-state index in [1.54, 1.807) is 0 Å². The number of aromatic nitrogens is 3. The van der Waals surface area contributed by atoms with Crippen LogP contribution in [0.1, 0.15) is 30.5 Å². The van der Waals surface area contributed by atoms with Gasteiger partial charge in [0.15, 0.2) is 5.65 Å². The highest BCUT2D eigenvalue weighted by atomic mass is 15.2. The topological polar surface area (TPSA) is 33.4 Å². The lowest BCUT2D eigenvalue weighted by molar-refractivity contribution is 0.203. The van der Waals surface area contributed by atoms with Crippen LogP contribution in [0.2, 0.25) is 0 Å². The molecule has 0 saturated carbocycles. The van der Waals surface area contributed by atoms with E-state index < -0.39 is 0 Å². The molecule has 2 unspecified atom stereocenters. The molecular formula is C20H20N4. The van der Waals surface area contributed by atoms with Gasteiger partial charge in [0.2, 0.25) is 0 Å². The fraction of sp³-hybridized carbons (Fsp3) is 0.300. The van der Waals surface area contributed by atoms with Crippen LogP contribution in [0.3, 0.4) is 0 Å². The molecule has 0 N–H and O–H groups in total. The third-order valence-electron chi connectivity index (χ3n) is 5.39. The maximum atomic E-state index is 4.50. The van der Waals surface area contributed by atoms with Gasteiger partial charge in [0, 0.05) is 31.0 Å². The molecule has 0 spiro atoms. The zero-order valence-corrected chi connectivity index (χ0v) is 13.5. The Balaban J connectivity index is 1.46. The average molecular weight is 316 g/mol. The quantitative estimate of drug-likeness (QED) is 0.741. The van der Waals surface area contributed by atoms with E-state index in [0.717, 1.165) is 18.6 Å². The largest absolute Gasteiger partial charge is 0.297 e. The minimum atomic E-state index is 0.548. The molecule has 24 heavy (non-hydrogen) atoms. The molecular weight excluding hydrogens is 296 g/mol. The first-order valence-corrected chi connectivity index (χ1v) is 8.66. The Morgan fingerprint density at radius 2 is 2.00 bits per heavy atom. The predicted molar refractivity (Wildman–Crippen MR) is 94.4 cm³/mol. The Bertz CT molecular complexity index is 896. The predicted octanol–water partition coefficient (Wildman–Crippen LogP) is 3.55. The maximum absolute atomic E-state index is 4.50. The van der Waals surface area contributed by atoms with Crippen LogP contribution in [0.5, 0.6) is 0 Å². The molecule has 4 nitrogen and oxygen atoms in total. The van der Waals surface area contributed by atoms with Gasteiger partial charge >= 0.3 is 0 Å². The standard InChI is InChI=1S/C20H20N4/c1-2-4-15(5-3-1)14-24-17-6-7-18(24)11-16(10-17)19-12-22-20-13-21-8-9-23(19)20/h1-5,8-10,12-13,17-18H,6-7,11,14H2. The van der Waals surface area contributed by atoms with Crippen LogP contribution >= 0.6 is 0 Å². The summed E-state index contributed by atoms with van der Waals surface area (Å²) in [4.78, 5) is 11.3. The average Bonchev–Trinajstić information content (AvgIpc) is 3.14. The van der Waals surface area contributed by atoms with E-state index in [2.05, 4.69) is 55.7 Å². The van der Waals surface area contributed by atoms with Crippen LogP contribution in [0.25, 0.3) is 11.2 Å². The lowest BCUT2D eigenvalue weighted by Crippen LogP contribution is -2.37. The fourth-order valence-corrected chi connectivity index (χ4v) is 4.23. The van der Waals surface area contributed by atoms with Gasteiger partial charge in [-0.1, -0.05) is 36.4 Å². The van der Waals surface area contributed by atoms with Gasteiger partial charge < -0.3 is 0 Å². The lowest BCUT2D eigenvalue weighted by Gasteiger charge is -2.34. The highest BCUT2D eigenvalue weighted by Crippen LogP contribution is 2.39. The maximum Gasteiger partial charge on any atom is 0.155 e. The third-order valence-corrected chi connectivity index (χ3v) is 5.39. The van der Waals surface area contributed by atoms with E-state index in [0.29, 0.717) is 12.1 Å². The first kappa shape index (κ1) is 13.9. The van der Waals surface area contributed by atoms with Crippen LogP contribution in [0.15, 0.2) is 61.2 Å². The second kappa shape index (κ2) is 5.56. The molecule has 1 saturated heterocycles. The molecule has 2 aliphatic heterocycles. The van der Waals surface area contributed by atoms with Gasteiger partial charge in [0.1, 0.15) is 0 Å². The number of imidazole rings is 1. The van der Waals surface area contributed by atoms with Gasteiger partial charge in [-0.15, -0.1) is 0 Å². The van der Waals surface area contributed by atoms with E-state index in [4.69, 9.17) is 0 Å². The van der Waals surface area contributed by atoms with E-state index in [9.17, 15) is 0 Å². The molecule has 5 rings (SSSR count). The Hall–Kier alpha value is -2.46. The molecule has 4 heteroatoms. The van der Waals surface area contributed by atoms with Gasteiger partial charge in [0.05, 0.1) is 18.1 Å². The monoisotopic (exact) mass is 316 g/mol. The first-order valence-electron chi connectivity index (χ1n) is 8.66. The molecule has 3 aromatic rings. The lowest BCUT2D eigenvalue weighted by atomic mass is 9.98. The van der Waals surface area contributed by atoms with E-state index in [-0.39, 0.29) is 0 Å². The Morgan fingerprint density at radius 1 is 1.08 bits per heavy atom. The smallest absolute Gasteiger partial charge is 0.155 e. The summed E-state index contributed by atoms with van der Waals surface area (Å²) < 4.78 is 2.16. The van der Waals surface area contributed by atoms with Crippen molar-refractivity contribution in [3.05, 3.63) is 72.5 Å². The Kier molecular flexibility index (Phi) is 3.23. The summed E-state index contributed by atoms with van der Waals surface area (Å²) in [6.45, 7) is 1.05. The van der Waals surface area contributed by atoms with E-state index >= 15 is 0 Å². The molecule has 4 heterocycles. The van der Waals surface area contributed by atoms with E-state index in [1.165, 1.54) is 29.7 Å². The van der Waals surface area contributed by atoms with Gasteiger partial charge in [-0.2, -0.15) is 0 Å². The highest BCUT2D eigenvalue weighted by Gasteiger charge is 2.37. The van der Waals surface area contributed by atoms with Crippen molar-refractivity contribution in [2.45, 2.75) is 37.9 Å². The molecule has 0 amide bonds. The Morgan fingerprint density at radius 3 is 2.88 bits per heavy atom. The Labute approximate surface area is 141 Å². The molecule has 0 aliphatic carbocycles. The molecule has 120 valence electrons. The molecule has 0 radical (unpaired) electrons. The molecule has 2 aliphatic rings. The van der Waals surface area contributed by atoms with Gasteiger partial charge in [0.25, 0.3) is 0 Å².